The van der Waals surface area contributed by atoms with Crippen LogP contribution in [0.25, 0.3) is 0 Å². The van der Waals surface area contributed by atoms with Crippen molar-refractivity contribution in [2.24, 2.45) is 17.8 Å². The molecule has 0 spiro atoms. The molecule has 122 valence electrons. The van der Waals surface area contributed by atoms with Gasteiger partial charge in [-0.1, -0.05) is 74.5 Å². The molecule has 2 heteroatoms. The second-order valence-electron chi connectivity index (χ2n) is 6.57. The second-order valence-corrected chi connectivity index (χ2v) is 6.57. The number of carboxylic acids is 1. The molecule has 0 saturated carbocycles. The van der Waals surface area contributed by atoms with Crippen LogP contribution >= 0.6 is 0 Å². The van der Waals surface area contributed by atoms with Gasteiger partial charge < -0.3 is 5.11 Å². The highest BCUT2D eigenvalue weighted by Gasteiger charge is 2.30. The Hall–Kier alpha value is -2.09. The lowest BCUT2D eigenvalue weighted by molar-refractivity contribution is -0.144. The summed E-state index contributed by atoms with van der Waals surface area (Å²) in [5.41, 5.74) is 2.38. The topological polar surface area (TPSA) is 37.3 Å². The van der Waals surface area contributed by atoms with Crippen molar-refractivity contribution in [3.05, 3.63) is 71.8 Å². The average Bonchev–Trinajstić information content (AvgIpc) is 2.55. The first-order chi connectivity index (χ1) is 11.1. The van der Waals surface area contributed by atoms with E-state index in [9.17, 15) is 9.90 Å². The Morgan fingerprint density at radius 3 is 1.91 bits per heavy atom. The van der Waals surface area contributed by atoms with Gasteiger partial charge >= 0.3 is 5.97 Å². The summed E-state index contributed by atoms with van der Waals surface area (Å²) in [4.78, 5) is 11.9. The minimum Gasteiger partial charge on any atom is -0.481 e. The van der Waals surface area contributed by atoms with Crippen molar-refractivity contribution in [3.8, 4) is 0 Å². The zero-order valence-electron chi connectivity index (χ0n) is 14.0. The van der Waals surface area contributed by atoms with Gasteiger partial charge in [0.25, 0.3) is 0 Å². The number of benzene rings is 2. The fourth-order valence-electron chi connectivity index (χ4n) is 3.27. The SMILES string of the molecule is CC(C)C(CCc1ccccc1)C(Cc1ccccc1)C(=O)O. The summed E-state index contributed by atoms with van der Waals surface area (Å²) in [7, 11) is 0. The molecule has 1 N–H and O–H groups in total. The van der Waals surface area contributed by atoms with Crippen molar-refractivity contribution in [1.29, 1.82) is 0 Å². The molecule has 2 nitrogen and oxygen atoms in total. The van der Waals surface area contributed by atoms with Crippen molar-refractivity contribution < 1.29 is 9.90 Å². The lowest BCUT2D eigenvalue weighted by Crippen LogP contribution is -2.30. The maximum atomic E-state index is 11.9. The van der Waals surface area contributed by atoms with Crippen LogP contribution in [0.3, 0.4) is 0 Å². The Kier molecular flexibility index (Phi) is 6.40. The quantitative estimate of drug-likeness (QED) is 0.758. The lowest BCUT2D eigenvalue weighted by atomic mass is 9.77. The van der Waals surface area contributed by atoms with E-state index < -0.39 is 5.97 Å². The smallest absolute Gasteiger partial charge is 0.307 e. The van der Waals surface area contributed by atoms with E-state index in [1.54, 1.807) is 0 Å². The van der Waals surface area contributed by atoms with Gasteiger partial charge in [0.05, 0.1) is 5.92 Å². The summed E-state index contributed by atoms with van der Waals surface area (Å²) in [5, 5.41) is 9.75. The Balaban J connectivity index is 2.10. The number of hydrogen-bond acceptors (Lipinski definition) is 1. The maximum Gasteiger partial charge on any atom is 0.307 e. The molecular weight excluding hydrogens is 284 g/mol. The molecule has 2 rings (SSSR count). The number of carboxylic acid groups (broad SMARTS) is 1. The number of rotatable bonds is 8. The van der Waals surface area contributed by atoms with E-state index in [0.717, 1.165) is 18.4 Å². The molecule has 0 bridgehead atoms. The molecule has 23 heavy (non-hydrogen) atoms. The Labute approximate surface area is 139 Å². The summed E-state index contributed by atoms with van der Waals surface area (Å²) in [6.45, 7) is 4.27. The molecule has 0 aliphatic heterocycles. The molecule has 0 fully saturated rings. The van der Waals surface area contributed by atoms with Crippen LogP contribution in [0.5, 0.6) is 0 Å². The third-order valence-corrected chi connectivity index (χ3v) is 4.60. The molecular formula is C21H26O2. The van der Waals surface area contributed by atoms with Gasteiger partial charge in [0, 0.05) is 0 Å². The number of aliphatic carboxylic acids is 1. The Bertz CT molecular complexity index is 590. The van der Waals surface area contributed by atoms with Crippen LogP contribution in [-0.4, -0.2) is 11.1 Å². The predicted molar refractivity (Wildman–Crippen MR) is 94.4 cm³/mol. The largest absolute Gasteiger partial charge is 0.481 e. The van der Waals surface area contributed by atoms with Crippen molar-refractivity contribution in [1.82, 2.24) is 0 Å². The standard InChI is InChI=1S/C21H26O2/c1-16(2)19(14-13-17-9-5-3-6-10-17)20(21(22)23)15-18-11-7-4-8-12-18/h3-12,16,19-20H,13-15H2,1-2H3,(H,22,23). The molecule has 2 aromatic carbocycles. The molecule has 0 saturated heterocycles. The molecule has 2 atom stereocenters. The monoisotopic (exact) mass is 310 g/mol. The molecule has 0 amide bonds. The van der Waals surface area contributed by atoms with Crippen molar-refractivity contribution >= 4 is 5.97 Å². The van der Waals surface area contributed by atoms with Gasteiger partial charge in [-0.05, 0) is 42.2 Å². The van der Waals surface area contributed by atoms with Crippen LogP contribution in [0, 0.1) is 17.8 Å². The summed E-state index contributed by atoms with van der Waals surface area (Å²) in [5.74, 6) is -0.488. The lowest BCUT2D eigenvalue weighted by Gasteiger charge is -2.27. The van der Waals surface area contributed by atoms with Gasteiger partial charge in [-0.3, -0.25) is 4.79 Å². The Morgan fingerprint density at radius 2 is 1.43 bits per heavy atom. The summed E-state index contributed by atoms with van der Waals surface area (Å²) >= 11 is 0. The van der Waals surface area contributed by atoms with E-state index in [0.29, 0.717) is 12.3 Å². The third-order valence-electron chi connectivity index (χ3n) is 4.60. The van der Waals surface area contributed by atoms with E-state index in [4.69, 9.17) is 0 Å². The normalized spacial score (nSPS) is 13.7. The Morgan fingerprint density at radius 1 is 0.913 bits per heavy atom. The van der Waals surface area contributed by atoms with E-state index >= 15 is 0 Å². The van der Waals surface area contributed by atoms with E-state index in [-0.39, 0.29) is 11.8 Å². The molecule has 0 heterocycles. The number of carbonyl (C=O) groups is 1. The van der Waals surface area contributed by atoms with Crippen molar-refractivity contribution in [3.63, 3.8) is 0 Å². The number of hydrogen-bond donors (Lipinski definition) is 1. The molecule has 2 unspecified atom stereocenters. The van der Waals surface area contributed by atoms with Gasteiger partial charge in [0.15, 0.2) is 0 Å². The predicted octanol–water partition coefficient (Wildman–Crippen LogP) is 4.83. The fourth-order valence-corrected chi connectivity index (χ4v) is 3.27. The van der Waals surface area contributed by atoms with E-state index in [2.05, 4.69) is 26.0 Å². The first-order valence-corrected chi connectivity index (χ1v) is 8.38. The molecule has 0 radical (unpaired) electrons. The minimum absolute atomic E-state index is 0.174. The summed E-state index contributed by atoms with van der Waals surface area (Å²) in [6, 6.07) is 20.3. The van der Waals surface area contributed by atoms with Crippen LogP contribution < -0.4 is 0 Å². The third kappa shape index (κ3) is 5.24. The van der Waals surface area contributed by atoms with Gasteiger partial charge in [-0.2, -0.15) is 0 Å². The van der Waals surface area contributed by atoms with E-state index in [1.165, 1.54) is 5.56 Å². The van der Waals surface area contributed by atoms with Crippen LogP contribution in [0.2, 0.25) is 0 Å². The number of aryl methyl sites for hydroxylation is 1. The first-order valence-electron chi connectivity index (χ1n) is 8.38. The molecule has 2 aromatic rings. The summed E-state index contributed by atoms with van der Waals surface area (Å²) < 4.78 is 0. The van der Waals surface area contributed by atoms with E-state index in [1.807, 2.05) is 48.5 Å². The van der Waals surface area contributed by atoms with Crippen molar-refractivity contribution in [2.75, 3.05) is 0 Å². The van der Waals surface area contributed by atoms with Crippen molar-refractivity contribution in [2.45, 2.75) is 33.1 Å². The zero-order chi connectivity index (χ0) is 16.7. The van der Waals surface area contributed by atoms with Gasteiger partial charge in [0.1, 0.15) is 0 Å². The van der Waals surface area contributed by atoms with Gasteiger partial charge in [0.2, 0.25) is 0 Å². The maximum absolute atomic E-state index is 11.9. The summed E-state index contributed by atoms with van der Waals surface area (Å²) in [6.07, 6.45) is 2.45. The van der Waals surface area contributed by atoms with Crippen LogP contribution in [0.4, 0.5) is 0 Å². The highest BCUT2D eigenvalue weighted by Crippen LogP contribution is 2.29. The first kappa shape index (κ1) is 17.3. The molecule has 0 aliphatic rings. The highest BCUT2D eigenvalue weighted by molar-refractivity contribution is 5.70. The average molecular weight is 310 g/mol. The van der Waals surface area contributed by atoms with Crippen LogP contribution in [0.1, 0.15) is 31.4 Å². The highest BCUT2D eigenvalue weighted by atomic mass is 16.4. The molecule has 0 aliphatic carbocycles. The molecule has 0 aromatic heterocycles. The zero-order valence-corrected chi connectivity index (χ0v) is 14.0. The van der Waals surface area contributed by atoms with Gasteiger partial charge in [-0.25, -0.2) is 0 Å². The van der Waals surface area contributed by atoms with Crippen LogP contribution in [-0.2, 0) is 17.6 Å². The van der Waals surface area contributed by atoms with Crippen LogP contribution in [0.15, 0.2) is 60.7 Å². The fraction of sp³-hybridized carbons (Fsp3) is 0.381. The van der Waals surface area contributed by atoms with Gasteiger partial charge in [-0.15, -0.1) is 0 Å². The second kappa shape index (κ2) is 8.52. The minimum atomic E-state index is -0.680.